The number of hydrogen-bond acceptors (Lipinski definition) is 4. The van der Waals surface area contributed by atoms with Gasteiger partial charge < -0.3 is 0 Å². The average Bonchev–Trinajstić information content (AvgIpc) is 2.62. The predicted octanol–water partition coefficient (Wildman–Crippen LogP) is 0.621. The van der Waals surface area contributed by atoms with Gasteiger partial charge in [0.05, 0.1) is 5.56 Å². The van der Waals surface area contributed by atoms with E-state index in [0.717, 1.165) is 24.2 Å². The molecule has 21 heavy (non-hydrogen) atoms. The van der Waals surface area contributed by atoms with E-state index in [2.05, 4.69) is 5.32 Å². The maximum Gasteiger partial charge on any atom is 0.278 e. The largest absolute Gasteiger partial charge is 0.297 e. The van der Waals surface area contributed by atoms with Gasteiger partial charge >= 0.3 is 0 Å². The molecule has 0 spiro atoms. The fourth-order valence-corrected chi connectivity index (χ4v) is 2.72. The molecule has 2 rings (SSSR count). The Morgan fingerprint density at radius 3 is 2.71 bits per heavy atom. The Morgan fingerprint density at radius 1 is 1.43 bits per heavy atom. The van der Waals surface area contributed by atoms with Crippen LogP contribution in [0, 0.1) is 6.92 Å². The topological polar surface area (TPSA) is 93.3 Å². The molecule has 0 saturated heterocycles. The first-order chi connectivity index (χ1) is 9.81. The number of nitrogens with zero attached hydrogens (tertiary/aromatic N) is 2. The van der Waals surface area contributed by atoms with Crippen LogP contribution in [0.4, 0.5) is 0 Å². The summed E-state index contributed by atoms with van der Waals surface area (Å²) in [5, 5.41) is 2.57. The molecule has 0 radical (unpaired) electrons. The molecule has 8 heteroatoms. The molecule has 116 valence electrons. The Labute approximate surface area is 123 Å². The molecule has 0 fully saturated rings. The zero-order valence-electron chi connectivity index (χ0n) is 12.0. The second-order valence-electron chi connectivity index (χ2n) is 4.98. The summed E-state index contributed by atoms with van der Waals surface area (Å²) in [6.07, 6.45) is 7.53. The van der Waals surface area contributed by atoms with Crippen molar-refractivity contribution in [2.45, 2.75) is 26.3 Å². The zero-order valence-corrected chi connectivity index (χ0v) is 12.9. The molecule has 2 N–H and O–H groups in total. The SMILES string of the molecule is Cc1c(CNCS(=O)(=O)O)c(=O)n(C2=CC=CCC2)n1C. The van der Waals surface area contributed by atoms with Crippen molar-refractivity contribution in [1.82, 2.24) is 14.7 Å². The van der Waals surface area contributed by atoms with Crippen LogP contribution < -0.4 is 10.9 Å². The molecule has 1 aromatic heterocycles. The van der Waals surface area contributed by atoms with Crippen LogP contribution in [0.5, 0.6) is 0 Å². The third kappa shape index (κ3) is 3.52. The summed E-state index contributed by atoms with van der Waals surface area (Å²) in [6.45, 7) is 1.90. The standard InChI is InChI=1S/C13H19N3O4S/c1-10-12(8-14-9-21(18,19)20)13(17)16(15(10)2)11-6-4-3-5-7-11/h3-4,6,14H,5,7-9H2,1-2H3,(H,18,19,20). The lowest BCUT2D eigenvalue weighted by molar-refractivity contribution is 0.476. The highest BCUT2D eigenvalue weighted by Gasteiger charge is 2.17. The second-order valence-corrected chi connectivity index (χ2v) is 6.43. The maximum atomic E-state index is 12.5. The van der Waals surface area contributed by atoms with E-state index < -0.39 is 16.0 Å². The van der Waals surface area contributed by atoms with Crippen molar-refractivity contribution in [2.75, 3.05) is 5.88 Å². The van der Waals surface area contributed by atoms with Crippen molar-refractivity contribution in [3.63, 3.8) is 0 Å². The van der Waals surface area contributed by atoms with Crippen LogP contribution in [-0.4, -0.2) is 28.2 Å². The first-order valence-electron chi connectivity index (χ1n) is 6.60. The summed E-state index contributed by atoms with van der Waals surface area (Å²) in [7, 11) is -2.30. The Kier molecular flexibility index (Phi) is 4.50. The van der Waals surface area contributed by atoms with E-state index in [1.807, 2.05) is 25.2 Å². The minimum atomic E-state index is -4.09. The number of nitrogens with one attached hydrogen (secondary N) is 1. The molecule has 7 nitrogen and oxygen atoms in total. The van der Waals surface area contributed by atoms with Gasteiger partial charge in [0.15, 0.2) is 0 Å². The van der Waals surface area contributed by atoms with Crippen molar-refractivity contribution in [1.29, 1.82) is 0 Å². The molecule has 1 aromatic rings. The Balaban J connectivity index is 2.30. The van der Waals surface area contributed by atoms with Crippen LogP contribution in [0.3, 0.4) is 0 Å². The van der Waals surface area contributed by atoms with Crippen molar-refractivity contribution >= 4 is 15.8 Å². The number of rotatable bonds is 5. The quantitative estimate of drug-likeness (QED) is 0.777. The predicted molar refractivity (Wildman–Crippen MR) is 80.3 cm³/mol. The van der Waals surface area contributed by atoms with Gasteiger partial charge in [0.1, 0.15) is 5.88 Å². The summed E-state index contributed by atoms with van der Waals surface area (Å²) < 4.78 is 33.5. The maximum absolute atomic E-state index is 12.5. The van der Waals surface area contributed by atoms with E-state index in [1.54, 1.807) is 16.4 Å². The molecule has 0 saturated carbocycles. The minimum absolute atomic E-state index is 0.0917. The van der Waals surface area contributed by atoms with Crippen molar-refractivity contribution in [2.24, 2.45) is 7.05 Å². The summed E-state index contributed by atoms with van der Waals surface area (Å²) in [5.41, 5.74) is 2.00. The monoisotopic (exact) mass is 313 g/mol. The van der Waals surface area contributed by atoms with Crippen LogP contribution in [0.2, 0.25) is 0 Å². The van der Waals surface area contributed by atoms with Gasteiger partial charge in [0.2, 0.25) is 0 Å². The van der Waals surface area contributed by atoms with Gasteiger partial charge in [-0.05, 0) is 25.8 Å². The molecule has 0 aliphatic heterocycles. The van der Waals surface area contributed by atoms with Crippen molar-refractivity contribution in [3.8, 4) is 0 Å². The third-order valence-corrected chi connectivity index (χ3v) is 4.09. The van der Waals surface area contributed by atoms with E-state index >= 15 is 0 Å². The van der Waals surface area contributed by atoms with Gasteiger partial charge in [-0.25, -0.2) is 4.68 Å². The normalized spacial score (nSPS) is 15.3. The number of aromatic nitrogens is 2. The minimum Gasteiger partial charge on any atom is -0.297 e. The molecule has 0 aromatic carbocycles. The van der Waals surface area contributed by atoms with Crippen LogP contribution in [0.15, 0.2) is 23.0 Å². The van der Waals surface area contributed by atoms with Crippen LogP contribution in [0.25, 0.3) is 5.70 Å². The molecule has 1 heterocycles. The van der Waals surface area contributed by atoms with E-state index in [4.69, 9.17) is 4.55 Å². The fraction of sp³-hybridized carbons (Fsp3) is 0.462. The smallest absolute Gasteiger partial charge is 0.278 e. The van der Waals surface area contributed by atoms with E-state index in [9.17, 15) is 13.2 Å². The molecule has 1 aliphatic rings. The number of allylic oxidation sites excluding steroid dienone is 4. The van der Waals surface area contributed by atoms with Crippen LogP contribution >= 0.6 is 0 Å². The summed E-state index contributed by atoms with van der Waals surface area (Å²) >= 11 is 0. The average molecular weight is 313 g/mol. The molecule has 0 unspecified atom stereocenters. The van der Waals surface area contributed by atoms with Gasteiger partial charge in [-0.15, -0.1) is 0 Å². The second kappa shape index (κ2) is 6.00. The third-order valence-electron chi connectivity index (χ3n) is 3.52. The molecular formula is C13H19N3O4S. The highest BCUT2D eigenvalue weighted by molar-refractivity contribution is 7.85. The summed E-state index contributed by atoms with van der Waals surface area (Å²) in [6, 6.07) is 0. The van der Waals surface area contributed by atoms with E-state index in [0.29, 0.717) is 5.56 Å². The molecule has 1 aliphatic carbocycles. The highest BCUT2D eigenvalue weighted by atomic mass is 32.2. The summed E-state index contributed by atoms with van der Waals surface area (Å²) in [5.74, 6) is -0.577. The Morgan fingerprint density at radius 2 is 2.14 bits per heavy atom. The van der Waals surface area contributed by atoms with E-state index in [-0.39, 0.29) is 12.1 Å². The van der Waals surface area contributed by atoms with Gasteiger partial charge in [0, 0.05) is 25.0 Å². The number of hydrogen-bond donors (Lipinski definition) is 2. The van der Waals surface area contributed by atoms with Crippen molar-refractivity contribution < 1.29 is 13.0 Å². The van der Waals surface area contributed by atoms with E-state index in [1.165, 1.54) is 0 Å². The van der Waals surface area contributed by atoms with Gasteiger partial charge in [-0.3, -0.25) is 19.3 Å². The van der Waals surface area contributed by atoms with Crippen LogP contribution in [-0.2, 0) is 23.7 Å². The first-order valence-corrected chi connectivity index (χ1v) is 8.21. The first kappa shape index (κ1) is 15.7. The fourth-order valence-electron chi connectivity index (χ4n) is 2.36. The van der Waals surface area contributed by atoms with Crippen LogP contribution in [0.1, 0.15) is 24.1 Å². The lowest BCUT2D eigenvalue weighted by Crippen LogP contribution is -2.27. The lowest BCUT2D eigenvalue weighted by atomic mass is 10.1. The Bertz CT molecular complexity index is 753. The molecule has 0 bridgehead atoms. The Hall–Kier alpha value is -1.64. The highest BCUT2D eigenvalue weighted by Crippen LogP contribution is 2.17. The van der Waals surface area contributed by atoms with Gasteiger partial charge in [-0.2, -0.15) is 8.42 Å². The zero-order chi connectivity index (χ0) is 15.6. The van der Waals surface area contributed by atoms with Crippen molar-refractivity contribution in [3.05, 3.63) is 39.8 Å². The molecular weight excluding hydrogens is 294 g/mol. The molecule has 0 amide bonds. The molecule has 0 atom stereocenters. The summed E-state index contributed by atoms with van der Waals surface area (Å²) in [4.78, 5) is 12.5. The van der Waals surface area contributed by atoms with Gasteiger partial charge in [-0.1, -0.05) is 12.2 Å². The van der Waals surface area contributed by atoms with Gasteiger partial charge in [0.25, 0.3) is 15.7 Å². The lowest BCUT2D eigenvalue weighted by Gasteiger charge is -2.13.